The SMILES string of the molecule is COc1ccc(O)cc1O.Oc1ccccc1O. The molecule has 5 heteroatoms. The molecule has 0 atom stereocenters. The van der Waals surface area contributed by atoms with E-state index in [1.807, 2.05) is 0 Å². The van der Waals surface area contributed by atoms with E-state index in [4.69, 9.17) is 25.2 Å². The van der Waals surface area contributed by atoms with E-state index in [2.05, 4.69) is 0 Å². The van der Waals surface area contributed by atoms with Crippen LogP contribution >= 0.6 is 0 Å². The summed E-state index contributed by atoms with van der Waals surface area (Å²) in [4.78, 5) is 0. The summed E-state index contributed by atoms with van der Waals surface area (Å²) in [7, 11) is 1.45. The molecule has 2 rings (SSSR count). The zero-order chi connectivity index (χ0) is 13.5. The molecular weight excluding hydrogens is 236 g/mol. The number of methoxy groups -OCH3 is 1. The van der Waals surface area contributed by atoms with Gasteiger partial charge in [0.2, 0.25) is 0 Å². The summed E-state index contributed by atoms with van der Waals surface area (Å²) in [5.41, 5.74) is 0. The molecular formula is C13H14O5. The average Bonchev–Trinajstić information content (AvgIpc) is 2.34. The van der Waals surface area contributed by atoms with Crippen LogP contribution in [0.2, 0.25) is 0 Å². The summed E-state index contributed by atoms with van der Waals surface area (Å²) in [6.45, 7) is 0. The van der Waals surface area contributed by atoms with E-state index in [0.29, 0.717) is 5.75 Å². The molecule has 0 bridgehead atoms. The van der Waals surface area contributed by atoms with Gasteiger partial charge in [0.25, 0.3) is 0 Å². The summed E-state index contributed by atoms with van der Waals surface area (Å²) in [6, 6.07) is 10.3. The van der Waals surface area contributed by atoms with Crippen molar-refractivity contribution in [2.75, 3.05) is 7.11 Å². The Morgan fingerprint density at radius 1 is 0.778 bits per heavy atom. The van der Waals surface area contributed by atoms with Gasteiger partial charge in [-0.3, -0.25) is 0 Å². The van der Waals surface area contributed by atoms with Crippen LogP contribution in [0, 0.1) is 0 Å². The minimum absolute atomic E-state index is 0.0262. The summed E-state index contributed by atoms with van der Waals surface area (Å²) in [6.07, 6.45) is 0. The highest BCUT2D eigenvalue weighted by Gasteiger charge is 1.99. The number of aromatic hydroxyl groups is 4. The first-order valence-electron chi connectivity index (χ1n) is 5.07. The average molecular weight is 250 g/mol. The van der Waals surface area contributed by atoms with Gasteiger partial charge in [0.05, 0.1) is 7.11 Å². The Kier molecular flexibility index (Phi) is 4.68. The highest BCUT2D eigenvalue weighted by molar-refractivity contribution is 5.43. The first-order valence-corrected chi connectivity index (χ1v) is 5.07. The zero-order valence-corrected chi connectivity index (χ0v) is 9.74. The van der Waals surface area contributed by atoms with Crippen LogP contribution in [0.1, 0.15) is 0 Å². The van der Waals surface area contributed by atoms with Crippen molar-refractivity contribution in [3.05, 3.63) is 42.5 Å². The van der Waals surface area contributed by atoms with Gasteiger partial charge in [-0.1, -0.05) is 12.1 Å². The van der Waals surface area contributed by atoms with Gasteiger partial charge in [-0.25, -0.2) is 0 Å². The molecule has 0 saturated heterocycles. The Morgan fingerprint density at radius 2 is 1.33 bits per heavy atom. The van der Waals surface area contributed by atoms with Crippen LogP contribution in [-0.4, -0.2) is 27.5 Å². The van der Waals surface area contributed by atoms with Gasteiger partial charge >= 0.3 is 0 Å². The van der Waals surface area contributed by atoms with E-state index in [-0.39, 0.29) is 23.0 Å². The molecule has 0 fully saturated rings. The van der Waals surface area contributed by atoms with Gasteiger partial charge in [0.15, 0.2) is 23.0 Å². The maximum absolute atomic E-state index is 9.01. The number of rotatable bonds is 1. The minimum atomic E-state index is -0.0764. The van der Waals surface area contributed by atoms with Crippen molar-refractivity contribution in [1.82, 2.24) is 0 Å². The van der Waals surface area contributed by atoms with Crippen LogP contribution in [0.4, 0.5) is 0 Å². The Labute approximate surface area is 104 Å². The normalized spacial score (nSPS) is 9.17. The van der Waals surface area contributed by atoms with E-state index >= 15 is 0 Å². The van der Waals surface area contributed by atoms with E-state index in [0.717, 1.165) is 0 Å². The molecule has 0 unspecified atom stereocenters. The topological polar surface area (TPSA) is 90.2 Å². The van der Waals surface area contributed by atoms with Crippen molar-refractivity contribution >= 4 is 0 Å². The molecule has 96 valence electrons. The third-order valence-electron chi connectivity index (χ3n) is 2.04. The maximum Gasteiger partial charge on any atom is 0.161 e. The van der Waals surface area contributed by atoms with Crippen LogP contribution in [-0.2, 0) is 0 Å². The Morgan fingerprint density at radius 3 is 1.72 bits per heavy atom. The second-order valence-corrected chi connectivity index (χ2v) is 3.34. The lowest BCUT2D eigenvalue weighted by Gasteiger charge is -2.01. The fourth-order valence-electron chi connectivity index (χ4n) is 1.14. The molecule has 4 N–H and O–H groups in total. The number of hydrogen-bond acceptors (Lipinski definition) is 5. The van der Waals surface area contributed by atoms with Crippen molar-refractivity contribution in [1.29, 1.82) is 0 Å². The summed E-state index contributed by atoms with van der Waals surface area (Å²) < 4.78 is 4.74. The summed E-state index contributed by atoms with van der Waals surface area (Å²) in [5.74, 6) is 0.179. The highest BCUT2D eigenvalue weighted by Crippen LogP contribution is 2.28. The smallest absolute Gasteiger partial charge is 0.161 e. The quantitative estimate of drug-likeness (QED) is 0.582. The molecule has 0 aliphatic rings. The van der Waals surface area contributed by atoms with Crippen molar-refractivity contribution in [3.8, 4) is 28.7 Å². The zero-order valence-electron chi connectivity index (χ0n) is 9.74. The molecule has 0 amide bonds. The lowest BCUT2D eigenvalue weighted by atomic mass is 10.3. The second-order valence-electron chi connectivity index (χ2n) is 3.34. The summed E-state index contributed by atoms with van der Waals surface area (Å²) >= 11 is 0. The largest absolute Gasteiger partial charge is 0.508 e. The predicted octanol–water partition coefficient (Wildman–Crippen LogP) is 2.20. The van der Waals surface area contributed by atoms with Gasteiger partial charge < -0.3 is 25.2 Å². The van der Waals surface area contributed by atoms with Crippen LogP contribution in [0.3, 0.4) is 0 Å². The number of phenolic OH excluding ortho intramolecular Hbond substituents is 4. The van der Waals surface area contributed by atoms with Crippen LogP contribution in [0.5, 0.6) is 28.7 Å². The fourth-order valence-corrected chi connectivity index (χ4v) is 1.14. The highest BCUT2D eigenvalue weighted by atomic mass is 16.5. The Bertz CT molecular complexity index is 489. The van der Waals surface area contributed by atoms with Gasteiger partial charge in [0.1, 0.15) is 5.75 Å². The van der Waals surface area contributed by atoms with Gasteiger partial charge in [-0.05, 0) is 24.3 Å². The molecule has 0 aliphatic heterocycles. The van der Waals surface area contributed by atoms with Crippen molar-refractivity contribution in [2.45, 2.75) is 0 Å². The number of hydrogen-bond donors (Lipinski definition) is 4. The van der Waals surface area contributed by atoms with E-state index in [1.165, 1.54) is 37.4 Å². The second kappa shape index (κ2) is 6.24. The Hall–Kier alpha value is -2.56. The lowest BCUT2D eigenvalue weighted by Crippen LogP contribution is -1.81. The van der Waals surface area contributed by atoms with Crippen molar-refractivity contribution in [2.24, 2.45) is 0 Å². The van der Waals surface area contributed by atoms with Crippen molar-refractivity contribution < 1.29 is 25.2 Å². The molecule has 2 aromatic rings. The van der Waals surface area contributed by atoms with Gasteiger partial charge in [-0.15, -0.1) is 0 Å². The predicted molar refractivity (Wildman–Crippen MR) is 66.1 cm³/mol. The van der Waals surface area contributed by atoms with Gasteiger partial charge in [0, 0.05) is 6.07 Å². The molecule has 0 saturated carbocycles. The van der Waals surface area contributed by atoms with E-state index in [9.17, 15) is 0 Å². The minimum Gasteiger partial charge on any atom is -0.508 e. The summed E-state index contributed by atoms with van der Waals surface area (Å²) in [5, 5.41) is 35.2. The molecule has 0 spiro atoms. The third-order valence-corrected chi connectivity index (χ3v) is 2.04. The first kappa shape index (κ1) is 13.5. The standard InChI is InChI=1S/C7H8O3.C6H6O2/c1-10-7-3-2-5(8)4-6(7)9;7-5-3-1-2-4-6(5)8/h2-4,8-9H,1H3;1-4,7-8H. The van der Waals surface area contributed by atoms with E-state index in [1.54, 1.807) is 12.1 Å². The van der Waals surface area contributed by atoms with Crippen LogP contribution < -0.4 is 4.74 Å². The first-order chi connectivity index (χ1) is 8.54. The molecule has 5 nitrogen and oxygen atoms in total. The molecule has 18 heavy (non-hydrogen) atoms. The number of phenols is 4. The maximum atomic E-state index is 9.01. The fraction of sp³-hybridized carbons (Fsp3) is 0.0769. The number of ether oxygens (including phenoxy) is 1. The molecule has 0 radical (unpaired) electrons. The third kappa shape index (κ3) is 3.79. The van der Waals surface area contributed by atoms with Crippen LogP contribution in [0.15, 0.2) is 42.5 Å². The molecule has 0 aliphatic carbocycles. The van der Waals surface area contributed by atoms with Gasteiger partial charge in [-0.2, -0.15) is 0 Å². The Balaban J connectivity index is 0.000000184. The van der Waals surface area contributed by atoms with Crippen LogP contribution in [0.25, 0.3) is 0 Å². The van der Waals surface area contributed by atoms with E-state index < -0.39 is 0 Å². The monoisotopic (exact) mass is 250 g/mol. The molecule has 0 aromatic heterocycles. The molecule has 2 aromatic carbocycles. The van der Waals surface area contributed by atoms with Crippen molar-refractivity contribution in [3.63, 3.8) is 0 Å². The number of para-hydroxylation sites is 2. The number of benzene rings is 2. The lowest BCUT2D eigenvalue weighted by molar-refractivity contribution is 0.369. The molecule has 0 heterocycles.